The molecule has 1 aliphatic heterocycles. The largest absolute Gasteiger partial charge is 0.479 e. The third kappa shape index (κ3) is 3.05. The number of halogens is 1. The minimum atomic E-state index is -3.83. The van der Waals surface area contributed by atoms with Gasteiger partial charge in [-0.1, -0.05) is 17.7 Å². The van der Waals surface area contributed by atoms with Crippen molar-refractivity contribution in [2.45, 2.75) is 24.8 Å². The van der Waals surface area contributed by atoms with E-state index in [0.29, 0.717) is 27.7 Å². The summed E-state index contributed by atoms with van der Waals surface area (Å²) in [5.74, 6) is 0.107. The Morgan fingerprint density at radius 1 is 1.25 bits per heavy atom. The fraction of sp³-hybridized carbons (Fsp3) is 0.188. The summed E-state index contributed by atoms with van der Waals surface area (Å²) in [6.45, 7) is 3.34. The topological polar surface area (TPSA) is 84.5 Å². The van der Waals surface area contributed by atoms with Crippen LogP contribution in [0.2, 0.25) is 5.02 Å². The highest BCUT2D eigenvalue weighted by Gasteiger charge is 2.25. The molecule has 0 aromatic heterocycles. The van der Waals surface area contributed by atoms with Gasteiger partial charge in [0.2, 0.25) is 0 Å². The highest BCUT2D eigenvalue weighted by molar-refractivity contribution is 7.92. The zero-order valence-corrected chi connectivity index (χ0v) is 14.5. The molecule has 1 amide bonds. The Labute approximate surface area is 144 Å². The minimum Gasteiger partial charge on any atom is -0.479 e. The summed E-state index contributed by atoms with van der Waals surface area (Å²) >= 11 is 6.01. The predicted octanol–water partition coefficient (Wildman–Crippen LogP) is 3.17. The maximum Gasteiger partial charge on any atom is 0.265 e. The van der Waals surface area contributed by atoms with Crippen LogP contribution < -0.4 is 14.8 Å². The van der Waals surface area contributed by atoms with E-state index in [4.69, 9.17) is 16.3 Å². The second-order valence-electron chi connectivity index (χ2n) is 5.43. The van der Waals surface area contributed by atoms with Crippen LogP contribution in [0.4, 0.5) is 11.4 Å². The maximum absolute atomic E-state index is 12.6. The smallest absolute Gasteiger partial charge is 0.265 e. The molecule has 0 radical (unpaired) electrons. The number of carbonyl (C=O) groups excluding carboxylic acids is 1. The highest BCUT2D eigenvalue weighted by atomic mass is 35.5. The third-order valence-electron chi connectivity index (χ3n) is 3.70. The van der Waals surface area contributed by atoms with E-state index in [0.717, 1.165) is 0 Å². The zero-order valence-electron chi connectivity index (χ0n) is 13.0. The van der Waals surface area contributed by atoms with Gasteiger partial charge in [-0.05, 0) is 49.7 Å². The lowest BCUT2D eigenvalue weighted by Crippen LogP contribution is -2.34. The number of benzene rings is 2. The quantitative estimate of drug-likeness (QED) is 0.873. The molecule has 24 heavy (non-hydrogen) atoms. The molecule has 1 aliphatic rings. The summed E-state index contributed by atoms with van der Waals surface area (Å²) in [7, 11) is -3.83. The van der Waals surface area contributed by atoms with Crippen LogP contribution in [0.1, 0.15) is 12.5 Å². The predicted molar refractivity (Wildman–Crippen MR) is 92.2 cm³/mol. The van der Waals surface area contributed by atoms with Gasteiger partial charge in [0.25, 0.3) is 15.9 Å². The van der Waals surface area contributed by atoms with Gasteiger partial charge in [-0.15, -0.1) is 0 Å². The van der Waals surface area contributed by atoms with Crippen molar-refractivity contribution < 1.29 is 17.9 Å². The van der Waals surface area contributed by atoms with Crippen LogP contribution in [-0.2, 0) is 14.8 Å². The molecule has 2 aromatic carbocycles. The molecule has 0 saturated heterocycles. The molecule has 1 heterocycles. The minimum absolute atomic E-state index is 0.0130. The van der Waals surface area contributed by atoms with Crippen molar-refractivity contribution in [3.63, 3.8) is 0 Å². The number of hydrogen-bond donors (Lipinski definition) is 2. The van der Waals surface area contributed by atoms with Gasteiger partial charge in [-0.3, -0.25) is 9.52 Å². The molecule has 1 atom stereocenters. The van der Waals surface area contributed by atoms with Crippen molar-refractivity contribution in [3.8, 4) is 5.75 Å². The Bertz CT molecular complexity index is 928. The molecule has 3 rings (SSSR count). The van der Waals surface area contributed by atoms with Crippen molar-refractivity contribution in [2.24, 2.45) is 0 Å². The van der Waals surface area contributed by atoms with E-state index in [-0.39, 0.29) is 10.8 Å². The summed E-state index contributed by atoms with van der Waals surface area (Å²) in [6.07, 6.45) is -0.618. The van der Waals surface area contributed by atoms with Gasteiger partial charge in [0.05, 0.1) is 16.3 Å². The normalized spacial score (nSPS) is 16.8. The Kier molecular flexibility index (Phi) is 4.15. The van der Waals surface area contributed by atoms with Crippen LogP contribution >= 0.6 is 11.6 Å². The van der Waals surface area contributed by atoms with Gasteiger partial charge in [-0.25, -0.2) is 8.42 Å². The van der Waals surface area contributed by atoms with Crippen molar-refractivity contribution >= 4 is 38.9 Å². The van der Waals surface area contributed by atoms with Crippen LogP contribution in [0.3, 0.4) is 0 Å². The van der Waals surface area contributed by atoms with Crippen LogP contribution in [0, 0.1) is 6.92 Å². The molecule has 0 spiro atoms. The van der Waals surface area contributed by atoms with E-state index >= 15 is 0 Å². The molecule has 0 saturated carbocycles. The molecule has 8 heteroatoms. The fourth-order valence-corrected chi connectivity index (χ4v) is 3.60. The standard InChI is InChI=1S/C16H15ClN2O4S/c1-9-12(17)4-3-5-13(9)19-24(21,22)11-6-7-15-14(8-11)18-16(20)10(2)23-15/h3-8,10,19H,1-2H3,(H,18,20). The SMILES string of the molecule is Cc1c(Cl)cccc1NS(=O)(=O)c1ccc2c(c1)NC(=O)C(C)O2. The van der Waals surface area contributed by atoms with Gasteiger partial charge in [-0.2, -0.15) is 0 Å². The Hall–Kier alpha value is -2.25. The second-order valence-corrected chi connectivity index (χ2v) is 7.51. The average molecular weight is 367 g/mol. The van der Waals surface area contributed by atoms with Gasteiger partial charge >= 0.3 is 0 Å². The lowest BCUT2D eigenvalue weighted by molar-refractivity contribution is -0.122. The van der Waals surface area contributed by atoms with Crippen molar-refractivity contribution in [1.29, 1.82) is 0 Å². The zero-order chi connectivity index (χ0) is 17.5. The molecular formula is C16H15ClN2O4S. The molecule has 2 aromatic rings. The fourth-order valence-electron chi connectivity index (χ4n) is 2.28. The number of sulfonamides is 1. The Morgan fingerprint density at radius 2 is 2.00 bits per heavy atom. The molecule has 0 aliphatic carbocycles. The molecule has 0 fully saturated rings. The maximum atomic E-state index is 12.6. The summed E-state index contributed by atoms with van der Waals surface area (Å²) < 4.78 is 33.1. The number of fused-ring (bicyclic) bond motifs is 1. The lowest BCUT2D eigenvalue weighted by atomic mass is 10.2. The summed E-state index contributed by atoms with van der Waals surface area (Å²) in [5.41, 5.74) is 1.35. The molecule has 0 bridgehead atoms. The first kappa shape index (κ1) is 16.6. The number of anilines is 2. The van der Waals surface area contributed by atoms with E-state index in [1.807, 2.05) is 0 Å². The lowest BCUT2D eigenvalue weighted by Gasteiger charge is -2.23. The number of hydrogen-bond acceptors (Lipinski definition) is 4. The van der Waals surface area contributed by atoms with Gasteiger partial charge < -0.3 is 10.1 Å². The third-order valence-corrected chi connectivity index (χ3v) is 5.48. The summed E-state index contributed by atoms with van der Waals surface area (Å²) in [6, 6.07) is 9.28. The summed E-state index contributed by atoms with van der Waals surface area (Å²) in [4.78, 5) is 11.7. The number of ether oxygens (including phenoxy) is 1. The van der Waals surface area contributed by atoms with E-state index < -0.39 is 16.1 Å². The molecule has 2 N–H and O–H groups in total. The Morgan fingerprint density at radius 3 is 2.75 bits per heavy atom. The average Bonchev–Trinajstić information content (AvgIpc) is 2.52. The second kappa shape index (κ2) is 5.99. The van der Waals surface area contributed by atoms with Crippen LogP contribution in [0.15, 0.2) is 41.3 Å². The number of amides is 1. The van der Waals surface area contributed by atoms with E-state index in [2.05, 4.69) is 10.0 Å². The summed E-state index contributed by atoms with van der Waals surface area (Å²) in [5, 5.41) is 3.10. The van der Waals surface area contributed by atoms with E-state index in [9.17, 15) is 13.2 Å². The first-order valence-electron chi connectivity index (χ1n) is 7.17. The Balaban J connectivity index is 1.95. The number of nitrogens with one attached hydrogen (secondary N) is 2. The molecule has 1 unspecified atom stereocenters. The van der Waals surface area contributed by atoms with E-state index in [1.165, 1.54) is 18.2 Å². The highest BCUT2D eigenvalue weighted by Crippen LogP contribution is 2.33. The number of carbonyl (C=O) groups is 1. The van der Waals surface area contributed by atoms with Crippen molar-refractivity contribution in [3.05, 3.63) is 47.0 Å². The van der Waals surface area contributed by atoms with Gasteiger partial charge in [0.1, 0.15) is 5.75 Å². The van der Waals surface area contributed by atoms with Gasteiger partial charge in [0, 0.05) is 5.02 Å². The van der Waals surface area contributed by atoms with E-state index in [1.54, 1.807) is 32.0 Å². The molecular weight excluding hydrogens is 352 g/mol. The monoisotopic (exact) mass is 366 g/mol. The molecule has 126 valence electrons. The van der Waals surface area contributed by atoms with Crippen molar-refractivity contribution in [1.82, 2.24) is 0 Å². The van der Waals surface area contributed by atoms with Crippen LogP contribution in [0.25, 0.3) is 0 Å². The van der Waals surface area contributed by atoms with Crippen LogP contribution in [0.5, 0.6) is 5.75 Å². The first-order valence-corrected chi connectivity index (χ1v) is 9.03. The first-order chi connectivity index (χ1) is 11.3. The van der Waals surface area contributed by atoms with Gasteiger partial charge in [0.15, 0.2) is 6.10 Å². The molecule has 6 nitrogen and oxygen atoms in total. The van der Waals surface area contributed by atoms with Crippen molar-refractivity contribution in [2.75, 3.05) is 10.0 Å². The number of rotatable bonds is 3. The van der Waals surface area contributed by atoms with Crippen LogP contribution in [-0.4, -0.2) is 20.4 Å².